The fourth-order valence-electron chi connectivity index (χ4n) is 2.35. The number of hydrogen-bond acceptors (Lipinski definition) is 4. The standard InChI is InChI=1S/C17H18BrN3O3/c18-12-3-1-4-14(9-12)24-16-7-6-13(10-19-16)21-17(22)20-11-15-5-2-8-23-15/h1,3-4,6-7,9-10,15H,2,5,8,11H2,(H2,20,21,22). The van der Waals surface area contributed by atoms with Crippen LogP contribution in [0.1, 0.15) is 12.8 Å². The molecule has 0 saturated carbocycles. The number of aromatic nitrogens is 1. The molecule has 2 N–H and O–H groups in total. The summed E-state index contributed by atoms with van der Waals surface area (Å²) >= 11 is 3.39. The Balaban J connectivity index is 1.49. The Kier molecular flexibility index (Phi) is 5.66. The smallest absolute Gasteiger partial charge is 0.319 e. The van der Waals surface area contributed by atoms with E-state index < -0.39 is 0 Å². The lowest BCUT2D eigenvalue weighted by Crippen LogP contribution is -2.35. The third-order valence-corrected chi connectivity index (χ3v) is 4.02. The summed E-state index contributed by atoms with van der Waals surface area (Å²) < 4.78 is 12.0. The lowest BCUT2D eigenvalue weighted by Gasteiger charge is -2.12. The quantitative estimate of drug-likeness (QED) is 0.809. The summed E-state index contributed by atoms with van der Waals surface area (Å²) in [6.07, 6.45) is 3.72. The fraction of sp³-hybridized carbons (Fsp3) is 0.294. The monoisotopic (exact) mass is 391 g/mol. The van der Waals surface area contributed by atoms with E-state index in [1.807, 2.05) is 24.3 Å². The van der Waals surface area contributed by atoms with Crippen molar-refractivity contribution < 1.29 is 14.3 Å². The van der Waals surface area contributed by atoms with Gasteiger partial charge in [0.2, 0.25) is 5.88 Å². The molecular formula is C17H18BrN3O3. The van der Waals surface area contributed by atoms with Gasteiger partial charge in [-0.15, -0.1) is 0 Å². The maximum atomic E-state index is 11.8. The predicted octanol–water partition coefficient (Wildman–Crippen LogP) is 3.94. The summed E-state index contributed by atoms with van der Waals surface area (Å²) in [7, 11) is 0. The van der Waals surface area contributed by atoms with E-state index in [1.54, 1.807) is 18.3 Å². The van der Waals surface area contributed by atoms with E-state index in [2.05, 4.69) is 31.5 Å². The zero-order valence-electron chi connectivity index (χ0n) is 13.0. The van der Waals surface area contributed by atoms with Crippen molar-refractivity contribution in [2.75, 3.05) is 18.5 Å². The van der Waals surface area contributed by atoms with E-state index in [-0.39, 0.29) is 12.1 Å². The summed E-state index contributed by atoms with van der Waals surface area (Å²) in [6, 6.07) is 10.7. The number of nitrogens with zero attached hydrogens (tertiary/aromatic N) is 1. The Bertz CT molecular complexity index is 688. The van der Waals surface area contributed by atoms with E-state index in [0.29, 0.717) is 23.9 Å². The van der Waals surface area contributed by atoms with Gasteiger partial charge in [-0.05, 0) is 37.1 Å². The highest BCUT2D eigenvalue weighted by molar-refractivity contribution is 9.10. The first kappa shape index (κ1) is 16.7. The maximum absolute atomic E-state index is 11.8. The van der Waals surface area contributed by atoms with Crippen LogP contribution in [0.25, 0.3) is 0 Å². The van der Waals surface area contributed by atoms with Crippen LogP contribution in [0.2, 0.25) is 0 Å². The number of rotatable bonds is 5. The molecule has 0 radical (unpaired) electrons. The van der Waals surface area contributed by atoms with Crippen molar-refractivity contribution in [1.29, 1.82) is 0 Å². The van der Waals surface area contributed by atoms with E-state index in [4.69, 9.17) is 9.47 Å². The van der Waals surface area contributed by atoms with Gasteiger partial charge < -0.3 is 20.1 Å². The minimum atomic E-state index is -0.270. The molecular weight excluding hydrogens is 374 g/mol. The predicted molar refractivity (Wildman–Crippen MR) is 94.4 cm³/mol. The maximum Gasteiger partial charge on any atom is 0.319 e. The molecule has 1 fully saturated rings. The molecule has 24 heavy (non-hydrogen) atoms. The molecule has 2 heterocycles. The molecule has 3 rings (SSSR count). The Morgan fingerprint density at radius 1 is 1.38 bits per heavy atom. The van der Waals surface area contributed by atoms with Gasteiger partial charge >= 0.3 is 6.03 Å². The number of pyridine rings is 1. The van der Waals surface area contributed by atoms with Gasteiger partial charge in [0.15, 0.2) is 0 Å². The van der Waals surface area contributed by atoms with Crippen LogP contribution in [0.15, 0.2) is 47.1 Å². The van der Waals surface area contributed by atoms with Crippen molar-refractivity contribution in [3.63, 3.8) is 0 Å². The molecule has 1 saturated heterocycles. The first-order chi connectivity index (χ1) is 11.7. The van der Waals surface area contributed by atoms with Crippen LogP contribution in [-0.4, -0.2) is 30.3 Å². The number of amides is 2. The van der Waals surface area contributed by atoms with Gasteiger partial charge in [-0.2, -0.15) is 0 Å². The third kappa shape index (κ3) is 4.94. The highest BCUT2D eigenvalue weighted by atomic mass is 79.9. The molecule has 0 aliphatic carbocycles. The molecule has 1 aliphatic heterocycles. The van der Waals surface area contributed by atoms with Gasteiger partial charge in [-0.25, -0.2) is 9.78 Å². The summed E-state index contributed by atoms with van der Waals surface area (Å²) in [5.74, 6) is 1.14. The highest BCUT2D eigenvalue weighted by Crippen LogP contribution is 2.23. The van der Waals surface area contributed by atoms with Gasteiger partial charge in [0.05, 0.1) is 18.0 Å². The van der Waals surface area contributed by atoms with Gasteiger partial charge in [0.1, 0.15) is 5.75 Å². The molecule has 1 aromatic carbocycles. The van der Waals surface area contributed by atoms with E-state index in [0.717, 1.165) is 23.9 Å². The van der Waals surface area contributed by atoms with Crippen molar-refractivity contribution >= 4 is 27.6 Å². The number of halogens is 1. The highest BCUT2D eigenvalue weighted by Gasteiger charge is 2.16. The van der Waals surface area contributed by atoms with Crippen LogP contribution in [0.3, 0.4) is 0 Å². The van der Waals surface area contributed by atoms with Crippen LogP contribution in [0.5, 0.6) is 11.6 Å². The van der Waals surface area contributed by atoms with Crippen molar-refractivity contribution in [1.82, 2.24) is 10.3 Å². The second kappa shape index (κ2) is 8.12. The SMILES string of the molecule is O=C(NCC1CCCO1)Nc1ccc(Oc2cccc(Br)c2)nc1. The Hall–Kier alpha value is -2.12. The second-order valence-electron chi connectivity index (χ2n) is 5.41. The van der Waals surface area contributed by atoms with E-state index in [9.17, 15) is 4.79 Å². The molecule has 126 valence electrons. The van der Waals surface area contributed by atoms with Crippen LogP contribution < -0.4 is 15.4 Å². The van der Waals surface area contributed by atoms with Crippen molar-refractivity contribution in [2.45, 2.75) is 18.9 Å². The Morgan fingerprint density at radius 3 is 3.00 bits per heavy atom. The minimum Gasteiger partial charge on any atom is -0.439 e. The Labute approximate surface area is 148 Å². The number of anilines is 1. The number of urea groups is 1. The Morgan fingerprint density at radius 2 is 2.29 bits per heavy atom. The van der Waals surface area contributed by atoms with Gasteiger partial charge in [-0.1, -0.05) is 22.0 Å². The molecule has 2 amide bonds. The molecule has 0 bridgehead atoms. The normalized spacial score (nSPS) is 16.6. The zero-order chi connectivity index (χ0) is 16.8. The summed E-state index contributed by atoms with van der Waals surface area (Å²) in [6.45, 7) is 1.29. The number of hydrogen-bond donors (Lipinski definition) is 2. The molecule has 2 aromatic rings. The number of carbonyl (C=O) groups is 1. The topological polar surface area (TPSA) is 72.5 Å². The average molecular weight is 392 g/mol. The molecule has 1 aromatic heterocycles. The lowest BCUT2D eigenvalue weighted by molar-refractivity contribution is 0.112. The largest absolute Gasteiger partial charge is 0.439 e. The molecule has 0 spiro atoms. The second-order valence-corrected chi connectivity index (χ2v) is 6.33. The van der Waals surface area contributed by atoms with E-state index in [1.165, 1.54) is 0 Å². The summed E-state index contributed by atoms with van der Waals surface area (Å²) in [5.41, 5.74) is 0.599. The first-order valence-corrected chi connectivity index (χ1v) is 8.54. The fourth-order valence-corrected chi connectivity index (χ4v) is 2.73. The molecule has 7 heteroatoms. The van der Waals surface area contributed by atoms with E-state index >= 15 is 0 Å². The summed E-state index contributed by atoms with van der Waals surface area (Å²) in [5, 5.41) is 5.53. The average Bonchev–Trinajstić information content (AvgIpc) is 3.08. The number of ether oxygens (including phenoxy) is 2. The number of nitrogens with one attached hydrogen (secondary N) is 2. The van der Waals surface area contributed by atoms with Crippen LogP contribution >= 0.6 is 15.9 Å². The number of benzene rings is 1. The first-order valence-electron chi connectivity index (χ1n) is 7.75. The van der Waals surface area contributed by atoms with Gasteiger partial charge in [0.25, 0.3) is 0 Å². The van der Waals surface area contributed by atoms with Crippen molar-refractivity contribution in [2.24, 2.45) is 0 Å². The van der Waals surface area contributed by atoms with Gasteiger partial charge in [-0.3, -0.25) is 0 Å². The minimum absolute atomic E-state index is 0.120. The summed E-state index contributed by atoms with van der Waals surface area (Å²) in [4.78, 5) is 16.0. The third-order valence-electron chi connectivity index (χ3n) is 3.53. The zero-order valence-corrected chi connectivity index (χ0v) is 14.6. The van der Waals surface area contributed by atoms with Crippen LogP contribution in [0.4, 0.5) is 10.5 Å². The molecule has 6 nitrogen and oxygen atoms in total. The van der Waals surface area contributed by atoms with Crippen LogP contribution in [0, 0.1) is 0 Å². The molecule has 1 unspecified atom stereocenters. The van der Waals surface area contributed by atoms with Gasteiger partial charge in [0, 0.05) is 23.7 Å². The lowest BCUT2D eigenvalue weighted by atomic mass is 10.2. The van der Waals surface area contributed by atoms with Crippen LogP contribution in [-0.2, 0) is 4.74 Å². The van der Waals surface area contributed by atoms with Crippen molar-refractivity contribution in [3.8, 4) is 11.6 Å². The molecule has 1 atom stereocenters. The molecule has 1 aliphatic rings. The van der Waals surface area contributed by atoms with Crippen molar-refractivity contribution in [3.05, 3.63) is 47.1 Å². The number of carbonyl (C=O) groups excluding carboxylic acids is 1.